The molecule has 3 N–H and O–H groups in total. The Morgan fingerprint density at radius 2 is 0.593 bits per heavy atom. The summed E-state index contributed by atoms with van der Waals surface area (Å²) in [4.78, 5) is 57.4. The van der Waals surface area contributed by atoms with Crippen LogP contribution in [-0.4, -0.2) is 51.1 Å². The van der Waals surface area contributed by atoms with Crippen LogP contribution in [0, 0.1) is 0 Å². The Morgan fingerprint density at radius 3 is 0.704 bits per heavy atom. The Balaban J connectivity index is -0.0000000580. The fourth-order valence-corrected chi connectivity index (χ4v) is 0.627. The van der Waals surface area contributed by atoms with E-state index in [4.69, 9.17) is 15.3 Å². The molecule has 0 heterocycles. The van der Waals surface area contributed by atoms with Gasteiger partial charge in [0.2, 0.25) is 0 Å². The van der Waals surface area contributed by atoms with E-state index in [0.29, 0.717) is 0 Å². The van der Waals surface area contributed by atoms with Gasteiger partial charge in [-0.2, -0.15) is 0 Å². The zero-order valence-corrected chi connectivity index (χ0v) is 21.3. The zero-order valence-electron chi connectivity index (χ0n) is 15.3. The van der Waals surface area contributed by atoms with Gasteiger partial charge >= 0.3 is 107 Å². The van der Waals surface area contributed by atoms with Gasteiger partial charge in [0.15, 0.2) is 0 Å². The molecule has 0 aliphatic heterocycles. The van der Waals surface area contributed by atoms with Gasteiger partial charge in [-0.1, -0.05) is 0 Å². The SMILES string of the molecule is O=C(O)CCC(=O)O.O=C([O-])CCC(=O)O.O=C([O-])CCC(=O)[O-].[Na+].[Na+].[Na+]. The predicted octanol–water partition coefficient (Wildman–Crippen LogP) is -13.2. The molecule has 0 aromatic heterocycles. The summed E-state index contributed by atoms with van der Waals surface area (Å²) >= 11 is 0. The first-order valence-corrected chi connectivity index (χ1v) is 6.13. The van der Waals surface area contributed by atoms with E-state index in [0.717, 1.165) is 0 Å². The summed E-state index contributed by atoms with van der Waals surface area (Å²) in [5.41, 5.74) is 0. The second-order valence-corrected chi connectivity index (χ2v) is 3.80. The predicted molar refractivity (Wildman–Crippen MR) is 65.6 cm³/mol. The number of carboxylic acid groups (broad SMARTS) is 6. The molecule has 15 heteroatoms. The summed E-state index contributed by atoms with van der Waals surface area (Å²) < 4.78 is 0. The molecule has 138 valence electrons. The first-order valence-electron chi connectivity index (χ1n) is 6.13. The van der Waals surface area contributed by atoms with Crippen LogP contribution in [0.3, 0.4) is 0 Å². The molecule has 0 amide bonds. The van der Waals surface area contributed by atoms with E-state index in [-0.39, 0.29) is 108 Å². The molecule has 0 aliphatic rings. The van der Waals surface area contributed by atoms with Crippen LogP contribution in [0.15, 0.2) is 0 Å². The first-order chi connectivity index (χ1) is 10.9. The smallest absolute Gasteiger partial charge is 0.550 e. The maximum absolute atomic E-state index is 9.64. The minimum Gasteiger partial charge on any atom is -0.550 e. The van der Waals surface area contributed by atoms with Crippen molar-refractivity contribution in [3.05, 3.63) is 0 Å². The van der Waals surface area contributed by atoms with Gasteiger partial charge in [-0.3, -0.25) is 14.4 Å². The molecule has 0 unspecified atom stereocenters. The Kier molecular flexibility index (Phi) is 42.8. The van der Waals surface area contributed by atoms with Crippen molar-refractivity contribution in [3.63, 3.8) is 0 Å². The van der Waals surface area contributed by atoms with Crippen LogP contribution in [-0.2, 0) is 28.8 Å². The number of hydrogen-bond acceptors (Lipinski definition) is 9. The van der Waals surface area contributed by atoms with E-state index in [1.165, 1.54) is 0 Å². The summed E-state index contributed by atoms with van der Waals surface area (Å²) in [5, 5.41) is 52.2. The summed E-state index contributed by atoms with van der Waals surface area (Å²) in [5.74, 6) is -7.33. The molecule has 0 rings (SSSR count). The van der Waals surface area contributed by atoms with Crippen molar-refractivity contribution in [2.24, 2.45) is 0 Å². The third-order valence-corrected chi connectivity index (χ3v) is 1.63. The van der Waals surface area contributed by atoms with Crippen molar-refractivity contribution in [3.8, 4) is 0 Å². The molecule has 0 atom stereocenters. The minimum atomic E-state index is -1.37. The maximum Gasteiger partial charge on any atom is 1.00 e. The van der Waals surface area contributed by atoms with Gasteiger partial charge in [-0.15, -0.1) is 0 Å². The standard InChI is InChI=1S/3C4H6O4.3Na/c3*5-3(6)1-2-4(7)8;;;/h3*1-2H2,(H,5,6)(H,7,8);;;/q;;;3*+1/p-3. The number of carboxylic acids is 6. The van der Waals surface area contributed by atoms with Crippen molar-refractivity contribution in [1.82, 2.24) is 0 Å². The van der Waals surface area contributed by atoms with Gasteiger partial charge in [-0.05, 0) is 19.3 Å². The second-order valence-electron chi connectivity index (χ2n) is 3.80. The third kappa shape index (κ3) is 66.7. The molecule has 0 bridgehead atoms. The fourth-order valence-electron chi connectivity index (χ4n) is 0.627. The topological polar surface area (TPSA) is 232 Å². The Morgan fingerprint density at radius 1 is 0.444 bits per heavy atom. The van der Waals surface area contributed by atoms with E-state index < -0.39 is 55.1 Å². The van der Waals surface area contributed by atoms with Crippen LogP contribution in [0.5, 0.6) is 0 Å². The van der Waals surface area contributed by atoms with Gasteiger partial charge in [0.05, 0.1) is 19.3 Å². The third-order valence-electron chi connectivity index (χ3n) is 1.63. The van der Waals surface area contributed by atoms with Crippen LogP contribution < -0.4 is 104 Å². The summed E-state index contributed by atoms with van der Waals surface area (Å²) in [7, 11) is 0. The van der Waals surface area contributed by atoms with Gasteiger partial charge < -0.3 is 45.0 Å². The van der Waals surface area contributed by atoms with E-state index in [9.17, 15) is 44.1 Å². The molecule has 0 fully saturated rings. The molecular weight excluding hydrogens is 405 g/mol. The van der Waals surface area contributed by atoms with Gasteiger partial charge in [-0.25, -0.2) is 0 Å². The number of rotatable bonds is 9. The maximum atomic E-state index is 9.64. The number of hydrogen-bond donors (Lipinski definition) is 3. The normalized spacial score (nSPS) is 7.56. The van der Waals surface area contributed by atoms with Crippen LogP contribution in [0.2, 0.25) is 0 Å². The molecule has 0 spiro atoms. The van der Waals surface area contributed by atoms with Gasteiger partial charge in [0, 0.05) is 17.9 Å². The van der Waals surface area contributed by atoms with Crippen LogP contribution in [0.1, 0.15) is 38.5 Å². The van der Waals surface area contributed by atoms with Crippen molar-refractivity contribution in [1.29, 1.82) is 0 Å². The molecule has 27 heavy (non-hydrogen) atoms. The average molecular weight is 420 g/mol. The van der Waals surface area contributed by atoms with E-state index >= 15 is 0 Å². The molecule has 0 saturated heterocycles. The molecule has 0 aliphatic carbocycles. The van der Waals surface area contributed by atoms with Crippen molar-refractivity contribution < 1.29 is 148 Å². The first kappa shape index (κ1) is 41.2. The van der Waals surface area contributed by atoms with E-state index in [2.05, 4.69) is 0 Å². The van der Waals surface area contributed by atoms with E-state index in [1.54, 1.807) is 0 Å². The van der Waals surface area contributed by atoms with Gasteiger partial charge in [0.25, 0.3) is 0 Å². The number of carbonyl (C=O) groups is 6. The Labute approximate surface area is 220 Å². The van der Waals surface area contributed by atoms with Crippen LogP contribution in [0.4, 0.5) is 0 Å². The van der Waals surface area contributed by atoms with E-state index in [1.807, 2.05) is 0 Å². The minimum absolute atomic E-state index is 0. The van der Waals surface area contributed by atoms with Crippen LogP contribution >= 0.6 is 0 Å². The number of aliphatic carboxylic acids is 6. The monoisotopic (exact) mass is 420 g/mol. The van der Waals surface area contributed by atoms with Crippen molar-refractivity contribution in [2.75, 3.05) is 0 Å². The molecule has 12 nitrogen and oxygen atoms in total. The van der Waals surface area contributed by atoms with Crippen LogP contribution in [0.25, 0.3) is 0 Å². The zero-order chi connectivity index (χ0) is 19.7. The Bertz CT molecular complexity index is 358. The van der Waals surface area contributed by atoms with Gasteiger partial charge in [0.1, 0.15) is 0 Å². The molecule has 0 radical (unpaired) electrons. The second kappa shape index (κ2) is 28.0. The summed E-state index contributed by atoms with van der Waals surface area (Å²) in [6.45, 7) is 0. The summed E-state index contributed by atoms with van der Waals surface area (Å²) in [6, 6.07) is 0. The quantitative estimate of drug-likeness (QED) is 0.295. The largest absolute Gasteiger partial charge is 1.00 e. The summed E-state index contributed by atoms with van der Waals surface area (Å²) in [6.07, 6.45) is -2.30. The van der Waals surface area contributed by atoms with Crippen molar-refractivity contribution >= 4 is 35.8 Å². The Hall–Kier alpha value is -0.180. The van der Waals surface area contributed by atoms with Crippen molar-refractivity contribution in [2.45, 2.75) is 38.5 Å². The number of carbonyl (C=O) groups excluding carboxylic acids is 3. The molecule has 0 aromatic carbocycles. The average Bonchev–Trinajstić information content (AvgIpc) is 2.42. The molecule has 0 aromatic rings. The fraction of sp³-hybridized carbons (Fsp3) is 0.500. The molecule has 0 saturated carbocycles. The molecular formula is C12H15Na3O12.